The van der Waals surface area contributed by atoms with Gasteiger partial charge in [-0.25, -0.2) is 5.84 Å². The van der Waals surface area contributed by atoms with Gasteiger partial charge in [-0.15, -0.1) is 0 Å². The highest BCUT2D eigenvalue weighted by Crippen LogP contribution is 2.20. The molecule has 0 aliphatic rings. The largest absolute Gasteiger partial charge is 0.463 e. The summed E-state index contributed by atoms with van der Waals surface area (Å²) < 4.78 is 41.0. The molecule has 0 saturated carbocycles. The zero-order valence-electron chi connectivity index (χ0n) is 11.2. The number of ether oxygens (including phenoxy) is 1. The minimum absolute atomic E-state index is 0.0314. The lowest BCUT2D eigenvalue weighted by Gasteiger charge is -2.19. The Labute approximate surface area is 114 Å². The van der Waals surface area contributed by atoms with Gasteiger partial charge in [0.25, 0.3) is 0 Å². The van der Waals surface area contributed by atoms with Gasteiger partial charge in [0.05, 0.1) is 6.42 Å². The molecular formula is C10H17F3N6O. The van der Waals surface area contributed by atoms with E-state index >= 15 is 0 Å². The number of nitrogens with two attached hydrogens (primary N) is 1. The summed E-state index contributed by atoms with van der Waals surface area (Å²) in [6, 6.07) is -0.195. The maximum absolute atomic E-state index is 12.0. The Morgan fingerprint density at radius 2 is 1.85 bits per heavy atom. The third-order valence-corrected chi connectivity index (χ3v) is 2.40. The van der Waals surface area contributed by atoms with E-state index in [9.17, 15) is 13.2 Å². The van der Waals surface area contributed by atoms with Crippen LogP contribution in [0.15, 0.2) is 0 Å². The number of halogens is 3. The molecule has 0 atom stereocenters. The Balaban J connectivity index is 2.82. The highest BCUT2D eigenvalue weighted by Gasteiger charge is 2.27. The van der Waals surface area contributed by atoms with E-state index in [1.807, 2.05) is 13.8 Å². The van der Waals surface area contributed by atoms with Crippen molar-refractivity contribution >= 4 is 11.9 Å². The van der Waals surface area contributed by atoms with Crippen LogP contribution in [-0.4, -0.2) is 40.8 Å². The van der Waals surface area contributed by atoms with Crippen LogP contribution in [-0.2, 0) is 0 Å². The van der Waals surface area contributed by atoms with E-state index < -0.39 is 19.2 Å². The van der Waals surface area contributed by atoms with E-state index in [-0.39, 0.29) is 12.0 Å². The van der Waals surface area contributed by atoms with Crippen molar-refractivity contribution in [2.75, 3.05) is 30.0 Å². The summed E-state index contributed by atoms with van der Waals surface area (Å²) in [5, 5.41) is 0. The lowest BCUT2D eigenvalue weighted by atomic mass is 10.4. The number of hydrazine groups is 1. The Hall–Kier alpha value is -1.84. The minimum Gasteiger partial charge on any atom is -0.463 e. The smallest absolute Gasteiger partial charge is 0.392 e. The van der Waals surface area contributed by atoms with Gasteiger partial charge >= 0.3 is 12.2 Å². The Morgan fingerprint density at radius 3 is 2.35 bits per heavy atom. The molecule has 0 aliphatic carbocycles. The molecule has 0 aliphatic heterocycles. The van der Waals surface area contributed by atoms with Crippen LogP contribution in [0, 0.1) is 0 Å². The van der Waals surface area contributed by atoms with Gasteiger partial charge in [0.15, 0.2) is 0 Å². The van der Waals surface area contributed by atoms with Crippen molar-refractivity contribution in [3.8, 4) is 6.01 Å². The Bertz CT molecular complexity index is 424. The number of nitrogen functional groups attached to an aromatic ring is 1. The van der Waals surface area contributed by atoms with Crippen LogP contribution in [0.1, 0.15) is 20.3 Å². The van der Waals surface area contributed by atoms with E-state index in [0.717, 1.165) is 0 Å². The van der Waals surface area contributed by atoms with E-state index in [1.165, 1.54) is 0 Å². The molecule has 0 fully saturated rings. The monoisotopic (exact) mass is 294 g/mol. The van der Waals surface area contributed by atoms with E-state index in [4.69, 9.17) is 10.6 Å². The molecule has 3 N–H and O–H groups in total. The first-order chi connectivity index (χ1) is 9.39. The van der Waals surface area contributed by atoms with Gasteiger partial charge < -0.3 is 9.64 Å². The number of nitrogens with zero attached hydrogens (tertiary/aromatic N) is 4. The topological polar surface area (TPSA) is 89.2 Å². The number of aromatic nitrogens is 3. The number of nitrogens with one attached hydrogen (secondary N) is 1. The molecule has 1 rings (SSSR count). The quantitative estimate of drug-likeness (QED) is 0.579. The van der Waals surface area contributed by atoms with Crippen LogP contribution in [0.3, 0.4) is 0 Å². The molecule has 20 heavy (non-hydrogen) atoms. The Morgan fingerprint density at radius 1 is 1.20 bits per heavy atom. The summed E-state index contributed by atoms with van der Waals surface area (Å²) in [6.45, 7) is 4.49. The standard InChI is InChI=1S/C10H17F3N6O/c1-3-19(4-2)8-15-7(18-14)16-9(17-8)20-6-5-10(11,12)13/h3-6,14H2,1-2H3,(H,15,16,17,18). The molecule has 0 aromatic carbocycles. The summed E-state index contributed by atoms with van der Waals surface area (Å²) in [5.41, 5.74) is 2.23. The van der Waals surface area contributed by atoms with Crippen LogP contribution in [0.25, 0.3) is 0 Å². The molecule has 0 spiro atoms. The molecule has 0 unspecified atom stereocenters. The highest BCUT2D eigenvalue weighted by atomic mass is 19.4. The van der Waals surface area contributed by atoms with Crippen LogP contribution in [0.5, 0.6) is 6.01 Å². The maximum Gasteiger partial charge on any atom is 0.392 e. The predicted octanol–water partition coefficient (Wildman–Crippen LogP) is 1.33. The van der Waals surface area contributed by atoms with Gasteiger partial charge in [0.1, 0.15) is 6.61 Å². The molecule has 10 heteroatoms. The first-order valence-electron chi connectivity index (χ1n) is 6.06. The van der Waals surface area contributed by atoms with Crippen molar-refractivity contribution in [2.24, 2.45) is 5.84 Å². The highest BCUT2D eigenvalue weighted by molar-refractivity contribution is 5.37. The van der Waals surface area contributed by atoms with Crippen molar-refractivity contribution < 1.29 is 17.9 Å². The molecule has 7 nitrogen and oxygen atoms in total. The van der Waals surface area contributed by atoms with Gasteiger partial charge in [-0.2, -0.15) is 28.1 Å². The summed E-state index contributed by atoms with van der Waals surface area (Å²) in [4.78, 5) is 13.5. The van der Waals surface area contributed by atoms with E-state index in [1.54, 1.807) is 4.90 Å². The molecule has 1 heterocycles. The zero-order valence-corrected chi connectivity index (χ0v) is 11.2. The number of hydrogen-bond donors (Lipinski definition) is 2. The maximum atomic E-state index is 12.0. The van der Waals surface area contributed by atoms with Crippen LogP contribution in [0.4, 0.5) is 25.1 Å². The molecule has 1 aromatic rings. The summed E-state index contributed by atoms with van der Waals surface area (Å²) in [7, 11) is 0. The molecule has 0 saturated heterocycles. The molecule has 114 valence electrons. The van der Waals surface area contributed by atoms with Gasteiger partial charge in [-0.3, -0.25) is 5.43 Å². The Kier molecular flexibility index (Phi) is 5.74. The number of anilines is 2. The first kappa shape index (κ1) is 16.2. The SMILES string of the molecule is CCN(CC)c1nc(NN)nc(OCCC(F)(F)F)n1. The van der Waals surface area contributed by atoms with Crippen LogP contribution in [0.2, 0.25) is 0 Å². The van der Waals surface area contributed by atoms with Crippen LogP contribution < -0.4 is 20.9 Å². The van der Waals surface area contributed by atoms with Gasteiger partial charge in [-0.05, 0) is 13.8 Å². The summed E-state index contributed by atoms with van der Waals surface area (Å²) in [6.07, 6.45) is -5.37. The lowest BCUT2D eigenvalue weighted by molar-refractivity contribution is -0.139. The number of rotatable bonds is 7. The molecule has 0 radical (unpaired) electrons. The normalized spacial score (nSPS) is 11.3. The van der Waals surface area contributed by atoms with Gasteiger partial charge in [0.2, 0.25) is 11.9 Å². The second kappa shape index (κ2) is 7.08. The van der Waals surface area contributed by atoms with Gasteiger partial charge in [-0.1, -0.05) is 0 Å². The first-order valence-corrected chi connectivity index (χ1v) is 6.06. The molecule has 0 bridgehead atoms. The van der Waals surface area contributed by atoms with Crippen molar-refractivity contribution in [1.82, 2.24) is 15.0 Å². The zero-order chi connectivity index (χ0) is 15.2. The number of hydrogen-bond acceptors (Lipinski definition) is 7. The molecule has 1 aromatic heterocycles. The van der Waals surface area contributed by atoms with Crippen molar-refractivity contribution in [2.45, 2.75) is 26.4 Å². The average molecular weight is 294 g/mol. The van der Waals surface area contributed by atoms with E-state index in [2.05, 4.69) is 20.4 Å². The average Bonchev–Trinajstić information content (AvgIpc) is 2.38. The summed E-state index contributed by atoms with van der Waals surface area (Å²) >= 11 is 0. The fourth-order valence-electron chi connectivity index (χ4n) is 1.38. The third-order valence-electron chi connectivity index (χ3n) is 2.40. The van der Waals surface area contributed by atoms with Gasteiger partial charge in [0, 0.05) is 13.1 Å². The number of alkyl halides is 3. The molecular weight excluding hydrogens is 277 g/mol. The van der Waals surface area contributed by atoms with E-state index in [0.29, 0.717) is 19.0 Å². The molecule has 0 amide bonds. The second-order valence-electron chi connectivity index (χ2n) is 3.77. The fourth-order valence-corrected chi connectivity index (χ4v) is 1.38. The minimum atomic E-state index is -4.29. The van der Waals surface area contributed by atoms with Crippen molar-refractivity contribution in [3.05, 3.63) is 0 Å². The summed E-state index contributed by atoms with van der Waals surface area (Å²) in [5.74, 6) is 5.53. The fraction of sp³-hybridized carbons (Fsp3) is 0.700. The van der Waals surface area contributed by atoms with Crippen molar-refractivity contribution in [3.63, 3.8) is 0 Å². The van der Waals surface area contributed by atoms with Crippen LogP contribution >= 0.6 is 0 Å². The third kappa shape index (κ3) is 5.03. The lowest BCUT2D eigenvalue weighted by Crippen LogP contribution is -2.26. The predicted molar refractivity (Wildman–Crippen MR) is 67.4 cm³/mol. The second-order valence-corrected chi connectivity index (χ2v) is 3.77. The van der Waals surface area contributed by atoms with Crippen molar-refractivity contribution in [1.29, 1.82) is 0 Å².